The van der Waals surface area contributed by atoms with E-state index < -0.39 is 6.04 Å². The van der Waals surface area contributed by atoms with Gasteiger partial charge in [-0.3, -0.25) is 19.3 Å². The first kappa shape index (κ1) is 25.5. The minimum Gasteiger partial charge on any atom is -0.497 e. The van der Waals surface area contributed by atoms with Gasteiger partial charge in [0.05, 0.1) is 20.1 Å². The lowest BCUT2D eigenvalue weighted by molar-refractivity contribution is -0.145. The van der Waals surface area contributed by atoms with E-state index >= 15 is 0 Å². The predicted molar refractivity (Wildman–Crippen MR) is 139 cm³/mol. The summed E-state index contributed by atoms with van der Waals surface area (Å²) in [5, 5.41) is 5.72. The van der Waals surface area contributed by atoms with Crippen LogP contribution in [0.15, 0.2) is 48.5 Å². The van der Waals surface area contributed by atoms with Gasteiger partial charge in [0.2, 0.25) is 17.7 Å². The van der Waals surface area contributed by atoms with E-state index in [-0.39, 0.29) is 30.7 Å². The second-order valence-electron chi connectivity index (χ2n) is 9.12. The summed E-state index contributed by atoms with van der Waals surface area (Å²) >= 11 is 0. The first-order chi connectivity index (χ1) is 17.5. The zero-order valence-electron chi connectivity index (χ0n) is 21.0. The lowest BCUT2D eigenvalue weighted by Crippen LogP contribution is -2.60. The number of hydrogen-bond donors (Lipinski definition) is 2. The zero-order chi connectivity index (χ0) is 25.5. The topological polar surface area (TPSA) is 94.2 Å². The van der Waals surface area contributed by atoms with Crippen LogP contribution in [0.2, 0.25) is 0 Å². The van der Waals surface area contributed by atoms with E-state index in [0.29, 0.717) is 13.1 Å². The van der Waals surface area contributed by atoms with Crippen molar-refractivity contribution < 1.29 is 19.1 Å². The molecule has 4 rings (SSSR count). The highest BCUT2D eigenvalue weighted by Crippen LogP contribution is 2.22. The van der Waals surface area contributed by atoms with Crippen molar-refractivity contribution in [1.82, 2.24) is 15.1 Å². The lowest BCUT2D eigenvalue weighted by atomic mass is 10.1. The largest absolute Gasteiger partial charge is 0.497 e. The average Bonchev–Trinajstić information content (AvgIpc) is 2.90. The summed E-state index contributed by atoms with van der Waals surface area (Å²) in [4.78, 5) is 44.7. The first-order valence-electron chi connectivity index (χ1n) is 12.5. The fourth-order valence-corrected chi connectivity index (χ4v) is 4.80. The van der Waals surface area contributed by atoms with Crippen molar-refractivity contribution in [3.05, 3.63) is 54.1 Å². The Hall–Kier alpha value is -3.59. The highest BCUT2D eigenvalue weighted by Gasteiger charge is 2.35. The Bertz CT molecular complexity index is 1080. The predicted octanol–water partition coefficient (Wildman–Crippen LogP) is 1.74. The van der Waals surface area contributed by atoms with Gasteiger partial charge in [0.25, 0.3) is 0 Å². The maximum atomic E-state index is 13.2. The summed E-state index contributed by atoms with van der Waals surface area (Å²) in [7, 11) is 1.66. The summed E-state index contributed by atoms with van der Waals surface area (Å²) < 4.78 is 5.33. The number of aryl methyl sites for hydroxylation is 1. The van der Waals surface area contributed by atoms with Crippen LogP contribution in [0.1, 0.15) is 18.9 Å². The molecule has 2 N–H and O–H groups in total. The quantitative estimate of drug-likeness (QED) is 0.582. The number of nitrogens with zero attached hydrogens (tertiary/aromatic N) is 3. The van der Waals surface area contributed by atoms with Gasteiger partial charge in [-0.1, -0.05) is 31.2 Å². The van der Waals surface area contributed by atoms with Crippen molar-refractivity contribution in [2.75, 3.05) is 63.1 Å². The van der Waals surface area contributed by atoms with E-state index in [0.717, 1.165) is 55.3 Å². The molecule has 3 amide bonds. The van der Waals surface area contributed by atoms with Gasteiger partial charge >= 0.3 is 0 Å². The van der Waals surface area contributed by atoms with Crippen molar-refractivity contribution in [2.24, 2.45) is 0 Å². The van der Waals surface area contributed by atoms with Crippen LogP contribution in [0.3, 0.4) is 0 Å². The molecule has 0 radical (unpaired) electrons. The summed E-state index contributed by atoms with van der Waals surface area (Å²) in [6.07, 6.45) is 0.718. The maximum absolute atomic E-state index is 13.2. The zero-order valence-corrected chi connectivity index (χ0v) is 21.0. The summed E-state index contributed by atoms with van der Waals surface area (Å²) in [5.74, 6) is 0.146. The van der Waals surface area contributed by atoms with Crippen molar-refractivity contribution in [3.63, 3.8) is 0 Å². The van der Waals surface area contributed by atoms with Crippen LogP contribution >= 0.6 is 0 Å². The molecule has 9 heteroatoms. The molecule has 0 spiro atoms. The smallest absolute Gasteiger partial charge is 0.243 e. The van der Waals surface area contributed by atoms with Crippen LogP contribution in [0.4, 0.5) is 11.4 Å². The van der Waals surface area contributed by atoms with Crippen LogP contribution in [0, 0.1) is 0 Å². The van der Waals surface area contributed by atoms with E-state index in [1.165, 1.54) is 0 Å². The van der Waals surface area contributed by atoms with Gasteiger partial charge in [0.15, 0.2) is 0 Å². The Morgan fingerprint density at radius 1 is 1.06 bits per heavy atom. The van der Waals surface area contributed by atoms with Gasteiger partial charge in [-0.2, -0.15) is 0 Å². The fraction of sp³-hybridized carbons (Fsp3) is 0.444. The molecule has 0 bridgehead atoms. The molecule has 2 aliphatic rings. The van der Waals surface area contributed by atoms with Crippen molar-refractivity contribution >= 4 is 29.1 Å². The summed E-state index contributed by atoms with van der Waals surface area (Å²) in [5.41, 5.74) is 2.87. The van der Waals surface area contributed by atoms with Crippen molar-refractivity contribution in [3.8, 4) is 5.75 Å². The van der Waals surface area contributed by atoms with Crippen LogP contribution < -0.4 is 20.3 Å². The van der Waals surface area contributed by atoms with E-state index in [1.807, 2.05) is 49.4 Å². The molecule has 9 nitrogen and oxygen atoms in total. The number of carbonyl (C=O) groups excluding carboxylic acids is 3. The second kappa shape index (κ2) is 11.9. The Balaban J connectivity index is 1.33. The number of anilines is 2. The molecule has 2 saturated heterocycles. The molecule has 2 heterocycles. The highest BCUT2D eigenvalue weighted by atomic mass is 16.5. The van der Waals surface area contributed by atoms with Crippen LogP contribution in [0.25, 0.3) is 0 Å². The van der Waals surface area contributed by atoms with E-state index in [4.69, 9.17) is 4.74 Å². The number of nitrogens with one attached hydrogen (secondary N) is 2. The SMILES string of the molecule is CCc1ccccc1NC(=O)C[C@H]1C(=O)NCCN1C(=O)CN1CCN(c2cccc(OC)c2)CC1. The highest BCUT2D eigenvalue weighted by molar-refractivity contribution is 5.98. The van der Waals surface area contributed by atoms with E-state index in [2.05, 4.69) is 26.5 Å². The number of benzene rings is 2. The molecule has 192 valence electrons. The number of carbonyl (C=O) groups is 3. The molecule has 2 fully saturated rings. The second-order valence-corrected chi connectivity index (χ2v) is 9.12. The molecule has 2 aliphatic heterocycles. The van der Waals surface area contributed by atoms with Gasteiger partial charge < -0.3 is 25.2 Å². The third-order valence-electron chi connectivity index (χ3n) is 6.85. The Labute approximate surface area is 212 Å². The number of ether oxygens (including phenoxy) is 1. The molecule has 2 aromatic carbocycles. The minimum atomic E-state index is -0.807. The fourth-order valence-electron chi connectivity index (χ4n) is 4.80. The Kier molecular flexibility index (Phi) is 8.43. The van der Waals surface area contributed by atoms with Gasteiger partial charge in [-0.05, 0) is 30.2 Å². The maximum Gasteiger partial charge on any atom is 0.243 e. The third-order valence-corrected chi connectivity index (χ3v) is 6.85. The van der Waals surface area contributed by atoms with Gasteiger partial charge in [0.1, 0.15) is 11.8 Å². The number of amides is 3. The summed E-state index contributed by atoms with van der Waals surface area (Å²) in [6.45, 7) is 6.12. The number of para-hydroxylation sites is 1. The molecular weight excluding hydrogens is 458 g/mol. The monoisotopic (exact) mass is 493 g/mol. The molecule has 0 unspecified atom stereocenters. The standard InChI is InChI=1S/C27H35N5O4/c1-3-20-7-4-5-10-23(20)29-25(33)18-24-27(35)28-11-12-32(24)26(34)19-30-13-15-31(16-14-30)21-8-6-9-22(17-21)36-2/h4-10,17,24H,3,11-16,18-19H2,1-2H3,(H,28,35)(H,29,33)/t24-/m0/s1. The first-order valence-corrected chi connectivity index (χ1v) is 12.5. The normalized spacial score (nSPS) is 18.5. The van der Waals surface area contributed by atoms with Crippen LogP contribution in [-0.4, -0.2) is 86.5 Å². The van der Waals surface area contributed by atoms with Crippen LogP contribution in [-0.2, 0) is 20.8 Å². The molecule has 0 aliphatic carbocycles. The number of piperazine rings is 2. The van der Waals surface area contributed by atoms with Gasteiger partial charge in [-0.15, -0.1) is 0 Å². The average molecular weight is 494 g/mol. The number of methoxy groups -OCH3 is 1. The van der Waals surface area contributed by atoms with E-state index in [1.54, 1.807) is 12.0 Å². The van der Waals surface area contributed by atoms with Crippen molar-refractivity contribution in [2.45, 2.75) is 25.8 Å². The number of rotatable bonds is 8. The third kappa shape index (κ3) is 6.15. The molecule has 0 saturated carbocycles. The Morgan fingerprint density at radius 2 is 1.83 bits per heavy atom. The van der Waals surface area contributed by atoms with Gasteiger partial charge in [-0.25, -0.2) is 0 Å². The van der Waals surface area contributed by atoms with Crippen molar-refractivity contribution in [1.29, 1.82) is 0 Å². The molecular formula is C27H35N5O4. The molecule has 0 aromatic heterocycles. The minimum absolute atomic E-state index is 0.0702. The number of hydrogen-bond acceptors (Lipinski definition) is 6. The van der Waals surface area contributed by atoms with Crippen LogP contribution in [0.5, 0.6) is 5.75 Å². The molecule has 1 atom stereocenters. The lowest BCUT2D eigenvalue weighted by Gasteiger charge is -2.39. The molecule has 36 heavy (non-hydrogen) atoms. The Morgan fingerprint density at radius 3 is 2.58 bits per heavy atom. The van der Waals surface area contributed by atoms with E-state index in [9.17, 15) is 14.4 Å². The molecule has 2 aromatic rings. The van der Waals surface area contributed by atoms with Gasteiger partial charge in [0, 0.05) is 56.7 Å². The summed E-state index contributed by atoms with van der Waals surface area (Å²) in [6, 6.07) is 14.8.